The highest BCUT2D eigenvalue weighted by Gasteiger charge is 2.17. The number of aromatic amines is 1. The maximum Gasteiger partial charge on any atom is 0.234 e. The number of rotatable bonds is 5. The van der Waals surface area contributed by atoms with Crippen molar-refractivity contribution >= 4 is 21.8 Å². The van der Waals surface area contributed by atoms with Crippen molar-refractivity contribution in [2.24, 2.45) is 5.92 Å². The van der Waals surface area contributed by atoms with Crippen molar-refractivity contribution in [1.29, 1.82) is 0 Å². The molecule has 106 valence electrons. The third kappa shape index (κ3) is 3.70. The number of alkyl halides is 1. The van der Waals surface area contributed by atoms with Gasteiger partial charge in [0.1, 0.15) is 0 Å². The number of nitrogens with one attached hydrogen (secondary N) is 2. The van der Waals surface area contributed by atoms with E-state index in [4.69, 9.17) is 0 Å². The largest absolute Gasteiger partial charge is 0.351 e. The topological polar surface area (TPSA) is 57.8 Å². The van der Waals surface area contributed by atoms with Gasteiger partial charge >= 0.3 is 0 Å². The summed E-state index contributed by atoms with van der Waals surface area (Å²) in [7, 11) is 0. The molecule has 1 aromatic heterocycles. The minimum absolute atomic E-state index is 0.0256. The molecule has 5 heteroatoms. The van der Waals surface area contributed by atoms with Crippen LogP contribution in [0, 0.1) is 5.92 Å². The van der Waals surface area contributed by atoms with Crippen LogP contribution in [0.4, 0.5) is 0 Å². The molecule has 1 aromatic carbocycles. The van der Waals surface area contributed by atoms with Gasteiger partial charge in [-0.1, -0.05) is 54.0 Å². The van der Waals surface area contributed by atoms with E-state index in [9.17, 15) is 4.79 Å². The van der Waals surface area contributed by atoms with E-state index in [1.807, 2.05) is 44.2 Å². The number of aromatic nitrogens is 2. The Morgan fingerprint density at radius 3 is 2.55 bits per heavy atom. The van der Waals surface area contributed by atoms with Crippen LogP contribution in [0.2, 0.25) is 0 Å². The van der Waals surface area contributed by atoms with E-state index in [0.29, 0.717) is 6.54 Å². The Morgan fingerprint density at radius 2 is 2.00 bits per heavy atom. The lowest BCUT2D eigenvalue weighted by Gasteiger charge is -2.13. The molecule has 2 rings (SSSR count). The van der Waals surface area contributed by atoms with Gasteiger partial charge in [0.25, 0.3) is 0 Å². The summed E-state index contributed by atoms with van der Waals surface area (Å²) in [5, 5.41) is 9.78. The summed E-state index contributed by atoms with van der Waals surface area (Å²) in [6, 6.07) is 9.98. The van der Waals surface area contributed by atoms with Crippen LogP contribution in [0.25, 0.3) is 11.3 Å². The molecule has 20 heavy (non-hydrogen) atoms. The van der Waals surface area contributed by atoms with Crippen molar-refractivity contribution in [3.05, 3.63) is 42.1 Å². The molecule has 0 aliphatic heterocycles. The Balaban J connectivity index is 1.93. The van der Waals surface area contributed by atoms with Crippen molar-refractivity contribution in [1.82, 2.24) is 15.5 Å². The molecule has 1 atom stereocenters. The van der Waals surface area contributed by atoms with Gasteiger partial charge in [-0.2, -0.15) is 5.10 Å². The minimum Gasteiger partial charge on any atom is -0.351 e. The first-order chi connectivity index (χ1) is 9.58. The van der Waals surface area contributed by atoms with Crippen LogP contribution in [-0.4, -0.2) is 20.9 Å². The van der Waals surface area contributed by atoms with E-state index < -0.39 is 0 Å². The molecule has 1 unspecified atom stereocenters. The van der Waals surface area contributed by atoms with Gasteiger partial charge in [0.15, 0.2) is 0 Å². The van der Waals surface area contributed by atoms with Gasteiger partial charge in [0.2, 0.25) is 5.91 Å². The van der Waals surface area contributed by atoms with Crippen molar-refractivity contribution in [3.8, 4) is 11.3 Å². The zero-order chi connectivity index (χ0) is 14.5. The smallest absolute Gasteiger partial charge is 0.234 e. The van der Waals surface area contributed by atoms with Gasteiger partial charge in [0.05, 0.1) is 10.5 Å². The van der Waals surface area contributed by atoms with Crippen LogP contribution in [-0.2, 0) is 11.3 Å². The Bertz CT molecular complexity index is 549. The van der Waals surface area contributed by atoms with Crippen LogP contribution >= 0.6 is 15.9 Å². The molecule has 0 fully saturated rings. The quantitative estimate of drug-likeness (QED) is 0.825. The second-order valence-corrected chi connectivity index (χ2v) is 6.02. The van der Waals surface area contributed by atoms with Gasteiger partial charge in [-0.15, -0.1) is 0 Å². The summed E-state index contributed by atoms with van der Waals surface area (Å²) in [4.78, 5) is 11.7. The van der Waals surface area contributed by atoms with E-state index >= 15 is 0 Å². The molecule has 0 saturated carbocycles. The average Bonchev–Trinajstić information content (AvgIpc) is 2.98. The number of H-pyrrole nitrogens is 1. The van der Waals surface area contributed by atoms with E-state index in [1.165, 1.54) is 0 Å². The number of benzene rings is 1. The zero-order valence-electron chi connectivity index (χ0n) is 11.6. The predicted octanol–water partition coefficient (Wildman–Crippen LogP) is 3.11. The molecule has 2 N–H and O–H groups in total. The molecule has 1 heterocycles. The summed E-state index contributed by atoms with van der Waals surface area (Å²) in [6.07, 6.45) is 1.73. The molecule has 0 radical (unpaired) electrons. The molecule has 0 bridgehead atoms. The second-order valence-electron chi connectivity index (χ2n) is 5.03. The first-order valence-electron chi connectivity index (χ1n) is 6.58. The van der Waals surface area contributed by atoms with Crippen LogP contribution in [0.15, 0.2) is 36.5 Å². The Kier molecular flexibility index (Phi) is 4.95. The molecule has 0 saturated heterocycles. The number of halogens is 1. The highest BCUT2D eigenvalue weighted by Crippen LogP contribution is 2.17. The Hall–Kier alpha value is -1.62. The Morgan fingerprint density at radius 1 is 1.30 bits per heavy atom. The fraction of sp³-hybridized carbons (Fsp3) is 0.333. The molecular weight excluding hydrogens is 318 g/mol. The standard InChI is InChI=1S/C15H18BrN3O/c1-10(2)14(16)15(20)17-9-11-3-5-12(6-4-11)13-7-8-18-19-13/h3-8,10,14H,9H2,1-2H3,(H,17,20)(H,18,19). The molecule has 0 aliphatic carbocycles. The van der Waals surface area contributed by atoms with Crippen molar-refractivity contribution < 1.29 is 4.79 Å². The summed E-state index contributed by atoms with van der Waals surface area (Å²) in [5.41, 5.74) is 3.14. The lowest BCUT2D eigenvalue weighted by atomic mass is 10.1. The zero-order valence-corrected chi connectivity index (χ0v) is 13.1. The molecule has 0 aliphatic rings. The fourth-order valence-electron chi connectivity index (χ4n) is 1.81. The van der Waals surface area contributed by atoms with Crippen molar-refractivity contribution in [3.63, 3.8) is 0 Å². The lowest BCUT2D eigenvalue weighted by molar-refractivity contribution is -0.121. The van der Waals surface area contributed by atoms with Gasteiger partial charge in [-0.05, 0) is 23.1 Å². The van der Waals surface area contributed by atoms with Crippen LogP contribution in [0.5, 0.6) is 0 Å². The summed E-state index contributed by atoms with van der Waals surface area (Å²) < 4.78 is 0. The first-order valence-corrected chi connectivity index (χ1v) is 7.50. The molecule has 2 aromatic rings. The highest BCUT2D eigenvalue weighted by molar-refractivity contribution is 9.10. The first kappa shape index (κ1) is 14.8. The van der Waals surface area contributed by atoms with Crippen molar-refractivity contribution in [2.75, 3.05) is 0 Å². The lowest BCUT2D eigenvalue weighted by Crippen LogP contribution is -2.33. The SMILES string of the molecule is CC(C)C(Br)C(=O)NCc1ccc(-c2ccn[nH]2)cc1. The average molecular weight is 336 g/mol. The van der Waals surface area contributed by atoms with Crippen LogP contribution in [0.3, 0.4) is 0 Å². The summed E-state index contributed by atoms with van der Waals surface area (Å²) in [6.45, 7) is 4.56. The predicted molar refractivity (Wildman–Crippen MR) is 83.4 cm³/mol. The molecular formula is C15H18BrN3O. The monoisotopic (exact) mass is 335 g/mol. The van der Waals surface area contributed by atoms with Gasteiger partial charge in [0, 0.05) is 12.7 Å². The fourth-order valence-corrected chi connectivity index (χ4v) is 1.97. The number of hydrogen-bond acceptors (Lipinski definition) is 2. The van der Waals surface area contributed by atoms with E-state index in [-0.39, 0.29) is 16.7 Å². The maximum atomic E-state index is 11.8. The second kappa shape index (κ2) is 6.70. The number of carbonyl (C=O) groups excluding carboxylic acids is 1. The molecule has 4 nitrogen and oxygen atoms in total. The van der Waals surface area contributed by atoms with Crippen LogP contribution in [0.1, 0.15) is 19.4 Å². The van der Waals surface area contributed by atoms with E-state index in [0.717, 1.165) is 16.8 Å². The number of nitrogens with zero attached hydrogens (tertiary/aromatic N) is 1. The van der Waals surface area contributed by atoms with E-state index in [2.05, 4.69) is 31.4 Å². The maximum absolute atomic E-state index is 11.8. The van der Waals surface area contributed by atoms with Gasteiger partial charge in [-0.3, -0.25) is 9.89 Å². The Labute approximate surface area is 127 Å². The number of carbonyl (C=O) groups is 1. The third-order valence-electron chi connectivity index (χ3n) is 3.07. The number of hydrogen-bond donors (Lipinski definition) is 2. The van der Waals surface area contributed by atoms with Crippen molar-refractivity contribution in [2.45, 2.75) is 25.2 Å². The van der Waals surface area contributed by atoms with Gasteiger partial charge in [-0.25, -0.2) is 0 Å². The summed E-state index contributed by atoms with van der Waals surface area (Å²) >= 11 is 3.40. The minimum atomic E-state index is -0.147. The normalized spacial score (nSPS) is 12.4. The highest BCUT2D eigenvalue weighted by atomic mass is 79.9. The summed E-state index contributed by atoms with van der Waals surface area (Å²) in [5.74, 6) is 0.301. The molecule has 1 amide bonds. The number of amides is 1. The third-order valence-corrected chi connectivity index (χ3v) is 4.54. The molecule has 0 spiro atoms. The van der Waals surface area contributed by atoms with Gasteiger partial charge < -0.3 is 5.32 Å². The van der Waals surface area contributed by atoms with Crippen LogP contribution < -0.4 is 5.32 Å². The van der Waals surface area contributed by atoms with E-state index in [1.54, 1.807) is 6.20 Å².